The molecule has 2 aromatic carbocycles. The number of hydrogen-bond donors (Lipinski definition) is 1. The first-order chi connectivity index (χ1) is 21.8. The van der Waals surface area contributed by atoms with Gasteiger partial charge in [0.05, 0.1) is 5.39 Å². The van der Waals surface area contributed by atoms with Crippen molar-refractivity contribution in [1.29, 1.82) is 0 Å². The van der Waals surface area contributed by atoms with Gasteiger partial charge in [0.15, 0.2) is 5.56 Å². The number of carbonyl (C=O) groups is 1. The van der Waals surface area contributed by atoms with Gasteiger partial charge in [0.25, 0.3) is 5.78 Å². The van der Waals surface area contributed by atoms with Crippen molar-refractivity contribution in [3.63, 3.8) is 0 Å². The van der Waals surface area contributed by atoms with Crippen molar-refractivity contribution in [2.75, 3.05) is 0 Å². The maximum absolute atomic E-state index is 13.3. The molecule has 0 saturated heterocycles. The van der Waals surface area contributed by atoms with E-state index < -0.39 is 43.2 Å². The molecule has 1 radical (unpaired) electrons. The Balaban J connectivity index is 0. The molecule has 0 unspecified atom stereocenters. The standard InChI is InChI=1S/C15H7F3O4.2C12H27OP.Eu.H2O/c16-15(17,18)13(20)10-11(19)9-6-5-7-3-1-2-4-8(7)12(9)22-14(10)21;2*1-10(2,3)14(13,11(4,5)6)12(7,8)9;;/h1-6,19H;2*1-9H3;;1H2. The van der Waals surface area contributed by atoms with Gasteiger partial charge in [-0.25, -0.2) is 4.79 Å². The summed E-state index contributed by atoms with van der Waals surface area (Å²) in [5, 5.41) is 10.2. The number of aromatic hydroxyl groups is 1. The van der Waals surface area contributed by atoms with Crippen LogP contribution in [0, 0.1) is 49.4 Å². The van der Waals surface area contributed by atoms with Crippen molar-refractivity contribution in [3.8, 4) is 5.75 Å². The molecule has 13 heteroatoms. The van der Waals surface area contributed by atoms with Crippen LogP contribution >= 0.6 is 14.3 Å². The topological polar surface area (TPSA) is 133 Å². The number of carbonyl (C=O) groups excluding carboxylic acids is 1. The van der Waals surface area contributed by atoms with E-state index in [1.165, 1.54) is 6.07 Å². The van der Waals surface area contributed by atoms with E-state index in [4.69, 9.17) is 4.42 Å². The zero-order chi connectivity index (χ0) is 40.1. The molecule has 1 heterocycles. The molecule has 0 fully saturated rings. The summed E-state index contributed by atoms with van der Waals surface area (Å²) in [5.41, 5.74) is -3.00. The molecule has 0 spiro atoms. The normalized spacial score (nSPS) is 13.6. The SMILES string of the molecule is CC(C)(C)P(=O)(C(C)(C)C)C(C)(C)C.CC(C)(C)P(=O)(C(C)(C)C)C(C)(C)C.O.O=C(c1c(O)c2ccc3ccccc3c2oc1=O)C(F)(F)F.[Eu]. The number of rotatable bonds is 1. The van der Waals surface area contributed by atoms with Gasteiger partial charge >= 0.3 is 11.8 Å². The number of Topliss-reactive ketones (excluding diaryl/α,β-unsaturated/α-hetero) is 1. The van der Waals surface area contributed by atoms with Crippen LogP contribution in [-0.4, -0.2) is 53.5 Å². The smallest absolute Gasteiger partial charge is 0.455 e. The molecular formula is C39H63EuF3O7P2. The summed E-state index contributed by atoms with van der Waals surface area (Å²) in [5.74, 6) is -3.46. The number of benzene rings is 2. The van der Waals surface area contributed by atoms with Gasteiger partial charge in [0.2, 0.25) is 0 Å². The van der Waals surface area contributed by atoms with Gasteiger partial charge in [-0.05, 0) is 11.5 Å². The van der Waals surface area contributed by atoms with Crippen molar-refractivity contribution < 1.29 is 91.5 Å². The molecule has 1 aromatic heterocycles. The predicted octanol–water partition coefficient (Wildman–Crippen LogP) is 12.1. The fraction of sp³-hybridized carbons (Fsp3) is 0.641. The molecule has 0 saturated carbocycles. The molecule has 0 aliphatic heterocycles. The first kappa shape index (κ1) is 53.3. The molecule has 0 amide bonds. The van der Waals surface area contributed by atoms with Gasteiger partial charge in [-0.15, -0.1) is 0 Å². The van der Waals surface area contributed by atoms with Crippen molar-refractivity contribution in [2.24, 2.45) is 0 Å². The third-order valence-electron chi connectivity index (χ3n) is 8.92. The number of halogens is 3. The number of alkyl halides is 3. The molecule has 52 heavy (non-hydrogen) atoms. The summed E-state index contributed by atoms with van der Waals surface area (Å²) >= 11 is 0. The first-order valence-corrected chi connectivity index (χ1v) is 20.2. The van der Waals surface area contributed by atoms with Gasteiger partial charge in [-0.2, -0.15) is 13.2 Å². The Labute approximate surface area is 350 Å². The molecule has 3 rings (SSSR count). The summed E-state index contributed by atoms with van der Waals surface area (Å²) in [6, 6.07) is 9.51. The van der Waals surface area contributed by atoms with Crippen LogP contribution in [0.1, 0.15) is 135 Å². The quantitative estimate of drug-likeness (QED) is 0.112. The number of hydrogen-bond acceptors (Lipinski definition) is 6. The summed E-state index contributed by atoms with van der Waals surface area (Å²) in [6.07, 6.45) is -5.28. The summed E-state index contributed by atoms with van der Waals surface area (Å²) in [7, 11) is -4.54. The van der Waals surface area contributed by atoms with Crippen molar-refractivity contribution in [1.82, 2.24) is 0 Å². The van der Waals surface area contributed by atoms with Crippen LogP contribution in [0.25, 0.3) is 21.7 Å². The molecule has 7 nitrogen and oxygen atoms in total. The fourth-order valence-corrected chi connectivity index (χ4v) is 20.4. The van der Waals surface area contributed by atoms with Gasteiger partial charge in [0, 0.05) is 85.7 Å². The first-order valence-electron chi connectivity index (χ1n) is 16.8. The van der Waals surface area contributed by atoms with Gasteiger partial charge in [0.1, 0.15) is 25.6 Å². The Bertz CT molecular complexity index is 1710. The van der Waals surface area contributed by atoms with Crippen molar-refractivity contribution in [2.45, 2.75) is 162 Å². The zero-order valence-electron chi connectivity index (χ0n) is 34.4. The van der Waals surface area contributed by atoms with Crippen LogP contribution in [0.3, 0.4) is 0 Å². The van der Waals surface area contributed by atoms with Crippen molar-refractivity contribution in [3.05, 3.63) is 52.4 Å². The van der Waals surface area contributed by atoms with Gasteiger partial charge in [-0.3, -0.25) is 4.79 Å². The Hall–Kier alpha value is -0.826. The summed E-state index contributed by atoms with van der Waals surface area (Å²) in [4.78, 5) is 23.0. The largest absolute Gasteiger partial charge is 0.506 e. The Morgan fingerprint density at radius 1 is 0.596 bits per heavy atom. The maximum Gasteiger partial charge on any atom is 0.455 e. The van der Waals surface area contributed by atoms with E-state index in [0.717, 1.165) is 0 Å². The zero-order valence-corrected chi connectivity index (χ0v) is 38.6. The molecule has 3 N–H and O–H groups in total. The van der Waals surface area contributed by atoms with Crippen LogP contribution in [0.2, 0.25) is 0 Å². The van der Waals surface area contributed by atoms with Gasteiger partial charge < -0.3 is 24.1 Å². The molecule has 0 atom stereocenters. The fourth-order valence-electron chi connectivity index (χ4n) is 8.29. The average molecular weight is 915 g/mol. The Kier molecular flexibility index (Phi) is 17.5. The molecule has 0 aliphatic rings. The minimum atomic E-state index is -5.28. The third kappa shape index (κ3) is 10.7. The minimum Gasteiger partial charge on any atom is -0.506 e. The molecular weight excluding hydrogens is 851 g/mol. The molecule has 3 aromatic rings. The van der Waals surface area contributed by atoms with E-state index in [9.17, 15) is 37.0 Å². The van der Waals surface area contributed by atoms with E-state index in [-0.39, 0.29) is 96.8 Å². The second-order valence-corrected chi connectivity index (χ2v) is 29.3. The third-order valence-corrected chi connectivity index (χ3v) is 20.3. The van der Waals surface area contributed by atoms with Crippen LogP contribution in [0.5, 0.6) is 5.75 Å². The second-order valence-electron chi connectivity index (χ2n) is 18.8. The molecule has 0 aliphatic carbocycles. The number of fused-ring (bicyclic) bond motifs is 3. The van der Waals surface area contributed by atoms with E-state index >= 15 is 0 Å². The average Bonchev–Trinajstić information content (AvgIpc) is 2.88. The van der Waals surface area contributed by atoms with E-state index in [2.05, 4.69) is 125 Å². The van der Waals surface area contributed by atoms with E-state index in [1.54, 1.807) is 30.3 Å². The minimum absolute atomic E-state index is 0. The molecule has 299 valence electrons. The van der Waals surface area contributed by atoms with Gasteiger partial charge in [-0.1, -0.05) is 155 Å². The number of ketones is 1. The van der Waals surface area contributed by atoms with E-state index in [0.29, 0.717) is 10.8 Å². The monoisotopic (exact) mass is 915 g/mol. The van der Waals surface area contributed by atoms with Crippen LogP contribution < -0.4 is 5.63 Å². The van der Waals surface area contributed by atoms with Crippen LogP contribution in [0.15, 0.2) is 45.6 Å². The Morgan fingerprint density at radius 3 is 1.21 bits per heavy atom. The summed E-state index contributed by atoms with van der Waals surface area (Å²) < 4.78 is 68.9. The van der Waals surface area contributed by atoms with E-state index in [1.807, 2.05) is 0 Å². The van der Waals surface area contributed by atoms with Crippen molar-refractivity contribution >= 4 is 41.8 Å². The predicted molar refractivity (Wildman–Crippen MR) is 209 cm³/mol. The summed E-state index contributed by atoms with van der Waals surface area (Å²) in [6.45, 7) is 37.8. The van der Waals surface area contributed by atoms with Crippen LogP contribution in [0.4, 0.5) is 13.2 Å². The Morgan fingerprint density at radius 2 is 0.923 bits per heavy atom. The second kappa shape index (κ2) is 17.1. The maximum atomic E-state index is 13.3. The molecule has 0 bridgehead atoms. The van der Waals surface area contributed by atoms with Crippen LogP contribution in [-0.2, 0) is 9.13 Å².